The minimum atomic E-state index is -4.63. The van der Waals surface area contributed by atoms with E-state index in [2.05, 4.69) is 20.7 Å². The van der Waals surface area contributed by atoms with Crippen LogP contribution < -0.4 is 15.4 Å². The third-order valence-corrected chi connectivity index (χ3v) is 4.09. The van der Waals surface area contributed by atoms with Crippen molar-refractivity contribution in [2.24, 2.45) is 7.05 Å². The van der Waals surface area contributed by atoms with Gasteiger partial charge in [0.05, 0.1) is 16.6 Å². The number of rotatable bonds is 5. The van der Waals surface area contributed by atoms with Gasteiger partial charge in [0.1, 0.15) is 0 Å². The second-order valence-electron chi connectivity index (χ2n) is 6.51. The first-order valence-corrected chi connectivity index (χ1v) is 8.76. The Bertz CT molecular complexity index is 1110. The number of hydrogen-bond acceptors (Lipinski definition) is 5. The molecule has 2 N–H and O–H groups in total. The summed E-state index contributed by atoms with van der Waals surface area (Å²) in [5, 5.41) is 9.00. The molecule has 2 heterocycles. The first kappa shape index (κ1) is 21.1. The summed E-state index contributed by atoms with van der Waals surface area (Å²) in [5.74, 6) is -1.15. The van der Waals surface area contributed by atoms with Gasteiger partial charge in [-0.25, -0.2) is 0 Å². The summed E-state index contributed by atoms with van der Waals surface area (Å²) in [5.41, 5.74) is 0.257. The molecule has 0 saturated heterocycles. The highest BCUT2D eigenvalue weighted by Gasteiger charge is 2.35. The molecule has 0 aliphatic carbocycles. The minimum absolute atomic E-state index is 0.00583. The standard InChI is InChI=1S/C19H18F3N5O3/c1-10-17-14(19(20,21)22)8-16(25-18(17)27(3)26-10)30-9-15(29)24-13-6-4-12(5-7-13)23-11(2)28/h4-8H,9H2,1-3H3,(H,23,28)(H,24,29). The van der Waals surface area contributed by atoms with E-state index in [9.17, 15) is 22.8 Å². The smallest absolute Gasteiger partial charge is 0.417 e. The third kappa shape index (κ3) is 4.67. The van der Waals surface area contributed by atoms with Crippen LogP contribution in [0.15, 0.2) is 30.3 Å². The number of hydrogen-bond donors (Lipinski definition) is 2. The van der Waals surface area contributed by atoms with Crippen LogP contribution in [0.5, 0.6) is 5.88 Å². The molecule has 0 bridgehead atoms. The number of fused-ring (bicyclic) bond motifs is 1. The van der Waals surface area contributed by atoms with Gasteiger partial charge in [-0.1, -0.05) is 0 Å². The summed E-state index contributed by atoms with van der Waals surface area (Å²) >= 11 is 0. The number of aryl methyl sites for hydroxylation is 2. The highest BCUT2D eigenvalue weighted by atomic mass is 19.4. The Kier molecular flexibility index (Phi) is 5.63. The lowest BCUT2D eigenvalue weighted by Gasteiger charge is -2.12. The summed E-state index contributed by atoms with van der Waals surface area (Å²) in [6.07, 6.45) is -4.63. The van der Waals surface area contributed by atoms with Crippen molar-refractivity contribution in [1.29, 1.82) is 0 Å². The number of alkyl halides is 3. The van der Waals surface area contributed by atoms with Crippen LogP contribution in [0.2, 0.25) is 0 Å². The lowest BCUT2D eigenvalue weighted by Crippen LogP contribution is -2.21. The van der Waals surface area contributed by atoms with Crippen molar-refractivity contribution in [2.75, 3.05) is 17.2 Å². The molecule has 0 aliphatic heterocycles. The number of halogens is 3. The van der Waals surface area contributed by atoms with Gasteiger partial charge in [0, 0.05) is 31.4 Å². The molecule has 2 aromatic heterocycles. The number of aromatic nitrogens is 3. The third-order valence-electron chi connectivity index (χ3n) is 4.09. The van der Waals surface area contributed by atoms with Crippen molar-refractivity contribution in [3.05, 3.63) is 41.6 Å². The highest BCUT2D eigenvalue weighted by molar-refractivity contribution is 5.93. The van der Waals surface area contributed by atoms with E-state index in [1.54, 1.807) is 24.3 Å². The zero-order valence-electron chi connectivity index (χ0n) is 16.3. The number of nitrogens with zero attached hydrogens (tertiary/aromatic N) is 3. The minimum Gasteiger partial charge on any atom is -0.467 e. The molecule has 0 radical (unpaired) electrons. The topological polar surface area (TPSA) is 98.1 Å². The van der Waals surface area contributed by atoms with Crippen LogP contribution in [-0.4, -0.2) is 33.2 Å². The van der Waals surface area contributed by atoms with Crippen LogP contribution >= 0.6 is 0 Å². The average Bonchev–Trinajstić information content (AvgIpc) is 2.94. The van der Waals surface area contributed by atoms with E-state index in [0.29, 0.717) is 11.4 Å². The van der Waals surface area contributed by atoms with Crippen molar-refractivity contribution in [3.63, 3.8) is 0 Å². The predicted molar refractivity (Wildman–Crippen MR) is 103 cm³/mol. The number of carbonyl (C=O) groups excluding carboxylic acids is 2. The SMILES string of the molecule is CC(=O)Nc1ccc(NC(=O)COc2cc(C(F)(F)F)c3c(C)nn(C)c3n2)cc1. The normalized spacial score (nSPS) is 11.4. The Morgan fingerprint density at radius 2 is 1.73 bits per heavy atom. The summed E-state index contributed by atoms with van der Waals surface area (Å²) in [6.45, 7) is 2.29. The maximum absolute atomic E-state index is 13.5. The lowest BCUT2D eigenvalue weighted by atomic mass is 10.1. The van der Waals surface area contributed by atoms with Gasteiger partial charge in [0.2, 0.25) is 11.8 Å². The fourth-order valence-electron chi connectivity index (χ4n) is 2.90. The molecule has 158 valence electrons. The largest absolute Gasteiger partial charge is 0.467 e. The first-order chi connectivity index (χ1) is 14.0. The van der Waals surface area contributed by atoms with Gasteiger partial charge in [0.15, 0.2) is 12.3 Å². The van der Waals surface area contributed by atoms with Gasteiger partial charge in [-0.05, 0) is 31.2 Å². The van der Waals surface area contributed by atoms with E-state index >= 15 is 0 Å². The lowest BCUT2D eigenvalue weighted by molar-refractivity contribution is -0.136. The molecular formula is C19H18F3N5O3. The van der Waals surface area contributed by atoms with E-state index < -0.39 is 24.3 Å². The van der Waals surface area contributed by atoms with E-state index in [1.165, 1.54) is 25.6 Å². The van der Waals surface area contributed by atoms with Gasteiger partial charge in [0.25, 0.3) is 5.91 Å². The molecular weight excluding hydrogens is 403 g/mol. The van der Waals surface area contributed by atoms with Crippen molar-refractivity contribution in [3.8, 4) is 5.88 Å². The number of anilines is 2. The number of benzene rings is 1. The first-order valence-electron chi connectivity index (χ1n) is 8.76. The maximum Gasteiger partial charge on any atom is 0.417 e. The van der Waals surface area contributed by atoms with Gasteiger partial charge in [-0.3, -0.25) is 14.3 Å². The number of nitrogens with one attached hydrogen (secondary N) is 2. The number of amides is 2. The number of ether oxygens (including phenoxy) is 1. The molecule has 0 saturated carbocycles. The molecule has 11 heteroatoms. The highest BCUT2D eigenvalue weighted by Crippen LogP contribution is 2.37. The zero-order chi connectivity index (χ0) is 22.1. The molecule has 2 amide bonds. The molecule has 0 unspecified atom stereocenters. The molecule has 0 atom stereocenters. The molecule has 30 heavy (non-hydrogen) atoms. The van der Waals surface area contributed by atoms with Gasteiger partial charge in [-0.15, -0.1) is 0 Å². The molecule has 0 fully saturated rings. The van der Waals surface area contributed by atoms with Crippen molar-refractivity contribution < 1.29 is 27.5 Å². The molecule has 1 aromatic carbocycles. The van der Waals surface area contributed by atoms with Crippen LogP contribution in [0.3, 0.4) is 0 Å². The number of pyridine rings is 1. The molecule has 0 aliphatic rings. The number of carbonyl (C=O) groups is 2. The molecule has 0 spiro atoms. The van der Waals surface area contributed by atoms with Crippen LogP contribution in [0.1, 0.15) is 18.2 Å². The summed E-state index contributed by atoms with van der Waals surface area (Å²) in [7, 11) is 1.48. The second-order valence-corrected chi connectivity index (χ2v) is 6.51. The molecule has 3 rings (SSSR count). The summed E-state index contributed by atoms with van der Waals surface area (Å²) < 4.78 is 46.8. The van der Waals surface area contributed by atoms with Crippen LogP contribution in [0.25, 0.3) is 11.0 Å². The molecule has 3 aromatic rings. The van der Waals surface area contributed by atoms with Gasteiger partial charge >= 0.3 is 6.18 Å². The van der Waals surface area contributed by atoms with Crippen LogP contribution in [-0.2, 0) is 22.8 Å². The maximum atomic E-state index is 13.5. The fraction of sp³-hybridized carbons (Fsp3) is 0.263. The predicted octanol–water partition coefficient (Wildman–Crippen LogP) is 3.27. The summed E-state index contributed by atoms with van der Waals surface area (Å²) in [4.78, 5) is 27.1. The van der Waals surface area contributed by atoms with Gasteiger partial charge in [-0.2, -0.15) is 23.3 Å². The Balaban J connectivity index is 1.73. The Morgan fingerprint density at radius 3 is 2.30 bits per heavy atom. The second kappa shape index (κ2) is 8.01. The van der Waals surface area contributed by atoms with Gasteiger partial charge < -0.3 is 15.4 Å². The van der Waals surface area contributed by atoms with Crippen molar-refractivity contribution in [1.82, 2.24) is 14.8 Å². The monoisotopic (exact) mass is 421 g/mol. The molecule has 8 nitrogen and oxygen atoms in total. The summed E-state index contributed by atoms with van der Waals surface area (Å²) in [6, 6.07) is 7.06. The quantitative estimate of drug-likeness (QED) is 0.659. The van der Waals surface area contributed by atoms with E-state index in [0.717, 1.165) is 6.07 Å². The van der Waals surface area contributed by atoms with E-state index in [4.69, 9.17) is 4.74 Å². The fourth-order valence-corrected chi connectivity index (χ4v) is 2.90. The van der Waals surface area contributed by atoms with Crippen LogP contribution in [0, 0.1) is 6.92 Å². The van der Waals surface area contributed by atoms with E-state index in [1.807, 2.05) is 0 Å². The Hall–Kier alpha value is -3.63. The van der Waals surface area contributed by atoms with Crippen LogP contribution in [0.4, 0.5) is 24.5 Å². The Labute approximate surface area is 169 Å². The Morgan fingerprint density at radius 1 is 1.13 bits per heavy atom. The average molecular weight is 421 g/mol. The van der Waals surface area contributed by atoms with Crippen molar-refractivity contribution >= 4 is 34.2 Å². The zero-order valence-corrected chi connectivity index (χ0v) is 16.3. The van der Waals surface area contributed by atoms with Crippen molar-refractivity contribution in [2.45, 2.75) is 20.0 Å². The van der Waals surface area contributed by atoms with E-state index in [-0.39, 0.29) is 28.5 Å².